The molecule has 0 unspecified atom stereocenters. The van der Waals surface area contributed by atoms with E-state index in [1.807, 2.05) is 67.6 Å². The molecule has 0 atom stereocenters. The van der Waals surface area contributed by atoms with E-state index in [4.69, 9.17) is 11.6 Å². The molecule has 2 amide bonds. The fourth-order valence-corrected chi connectivity index (χ4v) is 5.05. The number of hydrogen-bond donors (Lipinski definition) is 2. The zero-order valence-corrected chi connectivity index (χ0v) is 20.1. The van der Waals surface area contributed by atoms with Crippen molar-refractivity contribution in [1.82, 2.24) is 4.98 Å². The molecule has 8 heteroatoms. The first-order valence-corrected chi connectivity index (χ1v) is 12.3. The SMILES string of the molecule is Cc1ccc(NC(=O)CSc2nc3ccc(NC(=O)/C=C\c4ccccc4)cc3s2)cc1Cl. The number of nitrogens with one attached hydrogen (secondary N) is 2. The van der Waals surface area contributed by atoms with Crippen LogP contribution in [0.15, 0.2) is 77.1 Å². The van der Waals surface area contributed by atoms with Crippen LogP contribution in [0.3, 0.4) is 0 Å². The number of rotatable bonds is 7. The van der Waals surface area contributed by atoms with Crippen LogP contribution in [0.25, 0.3) is 16.3 Å². The van der Waals surface area contributed by atoms with Gasteiger partial charge in [-0.3, -0.25) is 9.59 Å². The maximum absolute atomic E-state index is 12.3. The Hall–Kier alpha value is -3.13. The summed E-state index contributed by atoms with van der Waals surface area (Å²) in [5.74, 6) is -0.0957. The molecule has 0 aliphatic rings. The van der Waals surface area contributed by atoms with Crippen molar-refractivity contribution < 1.29 is 9.59 Å². The molecule has 166 valence electrons. The Morgan fingerprint density at radius 3 is 2.58 bits per heavy atom. The third-order valence-corrected chi connectivity index (χ3v) is 7.21. The normalized spacial score (nSPS) is 11.1. The number of carbonyl (C=O) groups is 2. The fourth-order valence-electron chi connectivity index (χ4n) is 2.96. The average molecular weight is 494 g/mol. The maximum atomic E-state index is 12.3. The fraction of sp³-hybridized carbons (Fsp3) is 0.0800. The quantitative estimate of drug-likeness (QED) is 0.223. The van der Waals surface area contributed by atoms with Crippen LogP contribution in [0.1, 0.15) is 11.1 Å². The van der Waals surface area contributed by atoms with Gasteiger partial charge in [-0.2, -0.15) is 0 Å². The molecule has 1 heterocycles. The number of aryl methyl sites for hydroxylation is 1. The zero-order valence-electron chi connectivity index (χ0n) is 17.7. The number of fused-ring (bicyclic) bond motifs is 1. The first-order chi connectivity index (χ1) is 16.0. The molecule has 33 heavy (non-hydrogen) atoms. The van der Waals surface area contributed by atoms with Gasteiger partial charge in [0.15, 0.2) is 4.34 Å². The summed E-state index contributed by atoms with van der Waals surface area (Å²) in [5, 5.41) is 6.33. The molecule has 0 bridgehead atoms. The van der Waals surface area contributed by atoms with Gasteiger partial charge in [-0.1, -0.05) is 59.8 Å². The first kappa shape index (κ1) is 23.0. The number of halogens is 1. The van der Waals surface area contributed by atoms with Crippen molar-refractivity contribution in [2.45, 2.75) is 11.3 Å². The number of hydrogen-bond acceptors (Lipinski definition) is 5. The highest BCUT2D eigenvalue weighted by molar-refractivity contribution is 8.01. The van der Waals surface area contributed by atoms with Crippen LogP contribution in [0.5, 0.6) is 0 Å². The van der Waals surface area contributed by atoms with E-state index in [2.05, 4.69) is 15.6 Å². The van der Waals surface area contributed by atoms with Crippen LogP contribution in [-0.4, -0.2) is 22.6 Å². The molecule has 5 nitrogen and oxygen atoms in total. The van der Waals surface area contributed by atoms with Crippen molar-refractivity contribution in [3.8, 4) is 0 Å². The number of carbonyl (C=O) groups excluding carboxylic acids is 2. The van der Waals surface area contributed by atoms with Gasteiger partial charge in [-0.05, 0) is 54.5 Å². The van der Waals surface area contributed by atoms with E-state index in [-0.39, 0.29) is 17.6 Å². The van der Waals surface area contributed by atoms with E-state index >= 15 is 0 Å². The Kier molecular flexibility index (Phi) is 7.44. The average Bonchev–Trinajstić information content (AvgIpc) is 3.22. The number of nitrogens with zero attached hydrogens (tertiary/aromatic N) is 1. The zero-order chi connectivity index (χ0) is 23.2. The summed E-state index contributed by atoms with van der Waals surface area (Å²) >= 11 is 8.96. The summed E-state index contributed by atoms with van der Waals surface area (Å²) < 4.78 is 1.72. The lowest BCUT2D eigenvalue weighted by atomic mass is 10.2. The molecular weight excluding hydrogens is 474 g/mol. The summed E-state index contributed by atoms with van der Waals surface area (Å²) in [6.45, 7) is 1.91. The van der Waals surface area contributed by atoms with E-state index in [9.17, 15) is 9.59 Å². The molecule has 3 aromatic carbocycles. The maximum Gasteiger partial charge on any atom is 0.248 e. The molecule has 0 aliphatic carbocycles. The highest BCUT2D eigenvalue weighted by Crippen LogP contribution is 2.31. The van der Waals surface area contributed by atoms with E-state index in [0.29, 0.717) is 16.4 Å². The molecule has 4 rings (SSSR count). The van der Waals surface area contributed by atoms with Gasteiger partial charge < -0.3 is 10.6 Å². The van der Waals surface area contributed by atoms with Crippen LogP contribution >= 0.6 is 34.7 Å². The largest absolute Gasteiger partial charge is 0.325 e. The summed E-state index contributed by atoms with van der Waals surface area (Å²) in [5.41, 5.74) is 4.11. The second kappa shape index (κ2) is 10.7. The van der Waals surface area contributed by atoms with Gasteiger partial charge in [0.2, 0.25) is 11.8 Å². The van der Waals surface area contributed by atoms with Crippen molar-refractivity contribution in [3.63, 3.8) is 0 Å². The minimum absolute atomic E-state index is 0.127. The van der Waals surface area contributed by atoms with Crippen LogP contribution in [-0.2, 0) is 9.59 Å². The van der Waals surface area contributed by atoms with Crippen LogP contribution in [0.4, 0.5) is 11.4 Å². The van der Waals surface area contributed by atoms with Crippen molar-refractivity contribution >= 4 is 74.2 Å². The van der Waals surface area contributed by atoms with E-state index < -0.39 is 0 Å². The number of thioether (sulfide) groups is 1. The Balaban J connectivity index is 1.34. The summed E-state index contributed by atoms with van der Waals surface area (Å²) in [7, 11) is 0. The molecule has 0 fully saturated rings. The number of benzene rings is 3. The van der Waals surface area contributed by atoms with Gasteiger partial charge in [0.25, 0.3) is 0 Å². The Morgan fingerprint density at radius 2 is 1.79 bits per heavy atom. The lowest BCUT2D eigenvalue weighted by molar-refractivity contribution is -0.114. The first-order valence-electron chi connectivity index (χ1n) is 10.1. The van der Waals surface area contributed by atoms with Crippen molar-refractivity contribution in [2.24, 2.45) is 0 Å². The number of thiazole rings is 1. The molecule has 0 radical (unpaired) electrons. The molecule has 0 aliphatic heterocycles. The molecule has 0 saturated heterocycles. The smallest absolute Gasteiger partial charge is 0.248 e. The van der Waals surface area contributed by atoms with E-state index in [1.165, 1.54) is 29.2 Å². The van der Waals surface area contributed by atoms with Crippen molar-refractivity contribution in [2.75, 3.05) is 16.4 Å². The topological polar surface area (TPSA) is 71.1 Å². The molecule has 0 spiro atoms. The van der Waals surface area contributed by atoms with Crippen LogP contribution < -0.4 is 10.6 Å². The summed E-state index contributed by atoms with van der Waals surface area (Å²) in [6, 6.07) is 20.6. The van der Waals surface area contributed by atoms with Gasteiger partial charge in [0.1, 0.15) is 0 Å². The lowest BCUT2D eigenvalue weighted by Gasteiger charge is -2.06. The Bertz CT molecular complexity index is 1340. The molecule has 0 saturated carbocycles. The second-order valence-electron chi connectivity index (χ2n) is 7.20. The van der Waals surface area contributed by atoms with Crippen molar-refractivity contribution in [1.29, 1.82) is 0 Å². The van der Waals surface area contributed by atoms with Gasteiger partial charge in [-0.25, -0.2) is 4.98 Å². The highest BCUT2D eigenvalue weighted by atomic mass is 35.5. The predicted molar refractivity (Wildman–Crippen MR) is 139 cm³/mol. The Morgan fingerprint density at radius 1 is 1.03 bits per heavy atom. The van der Waals surface area contributed by atoms with Gasteiger partial charge in [0, 0.05) is 22.5 Å². The van der Waals surface area contributed by atoms with E-state index in [0.717, 1.165) is 25.7 Å². The van der Waals surface area contributed by atoms with Crippen LogP contribution in [0, 0.1) is 6.92 Å². The lowest BCUT2D eigenvalue weighted by Crippen LogP contribution is -2.13. The third kappa shape index (κ3) is 6.44. The van der Waals surface area contributed by atoms with Gasteiger partial charge in [-0.15, -0.1) is 11.3 Å². The van der Waals surface area contributed by atoms with Gasteiger partial charge in [0.05, 0.1) is 16.0 Å². The number of amides is 2. The predicted octanol–water partition coefficient (Wildman–Crippen LogP) is 6.64. The molecule has 4 aromatic rings. The molecule has 1 aromatic heterocycles. The third-order valence-electron chi connectivity index (χ3n) is 4.65. The molecule has 2 N–H and O–H groups in total. The van der Waals surface area contributed by atoms with Crippen molar-refractivity contribution in [3.05, 3.63) is 89.0 Å². The summed E-state index contributed by atoms with van der Waals surface area (Å²) in [6.07, 6.45) is 3.28. The minimum Gasteiger partial charge on any atom is -0.325 e. The standard InChI is InChI=1S/C25H20ClN3O2S2/c1-16-7-9-18(13-20(16)26)28-24(31)15-32-25-29-21-11-10-19(14-22(21)33-25)27-23(30)12-8-17-5-3-2-4-6-17/h2-14H,15H2,1H3,(H,27,30)(H,28,31)/b12-8-. The number of anilines is 2. The van der Waals surface area contributed by atoms with Gasteiger partial charge >= 0.3 is 0 Å². The minimum atomic E-state index is -0.204. The molecular formula is C25H20ClN3O2S2. The Labute approximate surface area is 204 Å². The summed E-state index contributed by atoms with van der Waals surface area (Å²) in [4.78, 5) is 29.1. The van der Waals surface area contributed by atoms with Crippen LogP contribution in [0.2, 0.25) is 5.02 Å². The highest BCUT2D eigenvalue weighted by Gasteiger charge is 2.10. The number of aromatic nitrogens is 1. The monoisotopic (exact) mass is 493 g/mol. The second-order valence-corrected chi connectivity index (χ2v) is 9.86. The van der Waals surface area contributed by atoms with E-state index in [1.54, 1.807) is 12.1 Å².